The zero-order chi connectivity index (χ0) is 14.7. The second-order valence-corrected chi connectivity index (χ2v) is 5.62. The molecule has 1 aromatic carbocycles. The number of hydrogen-bond acceptors (Lipinski definition) is 3. The Hall–Kier alpha value is -1.26. The summed E-state index contributed by atoms with van der Waals surface area (Å²) in [6, 6.07) is 5.99. The molecule has 0 aliphatic carbocycles. The number of imidazole rings is 1. The van der Waals surface area contributed by atoms with Crippen LogP contribution in [0.1, 0.15) is 25.0 Å². The van der Waals surface area contributed by atoms with E-state index >= 15 is 0 Å². The molecule has 0 amide bonds. The largest absolute Gasteiger partial charge is 0.494 e. The molecule has 5 heteroatoms. The van der Waals surface area contributed by atoms with Crippen LogP contribution >= 0.6 is 11.6 Å². The average Bonchev–Trinajstić information content (AvgIpc) is 2.83. The molecule has 1 aromatic heterocycles. The van der Waals surface area contributed by atoms with Gasteiger partial charge in [0.05, 0.1) is 18.0 Å². The Kier molecular flexibility index (Phi) is 4.89. The zero-order valence-corrected chi connectivity index (χ0v) is 13.3. The minimum absolute atomic E-state index is 0.126. The van der Waals surface area contributed by atoms with Crippen molar-refractivity contribution in [3.8, 4) is 5.75 Å². The van der Waals surface area contributed by atoms with Crippen molar-refractivity contribution in [2.24, 2.45) is 0 Å². The SMILES string of the molecule is CCN(C)CCn1c(C(C)Cl)nc2c(OC)cccc21. The molecule has 0 saturated carbocycles. The summed E-state index contributed by atoms with van der Waals surface area (Å²) in [6.45, 7) is 6.98. The first-order valence-corrected chi connectivity index (χ1v) is 7.37. The Labute approximate surface area is 125 Å². The Balaban J connectivity index is 2.46. The molecule has 0 aliphatic rings. The van der Waals surface area contributed by atoms with Gasteiger partial charge in [-0.25, -0.2) is 4.98 Å². The van der Waals surface area contributed by atoms with Gasteiger partial charge < -0.3 is 14.2 Å². The van der Waals surface area contributed by atoms with Crippen molar-refractivity contribution in [2.45, 2.75) is 25.8 Å². The number of likely N-dealkylation sites (N-methyl/N-ethyl adjacent to an activating group) is 1. The number of para-hydroxylation sites is 1. The van der Waals surface area contributed by atoms with Crippen molar-refractivity contribution in [1.82, 2.24) is 14.5 Å². The number of ether oxygens (including phenoxy) is 1. The number of halogens is 1. The van der Waals surface area contributed by atoms with E-state index in [4.69, 9.17) is 16.3 Å². The highest BCUT2D eigenvalue weighted by molar-refractivity contribution is 6.20. The van der Waals surface area contributed by atoms with E-state index in [1.54, 1.807) is 7.11 Å². The molecule has 0 N–H and O–H groups in total. The van der Waals surface area contributed by atoms with Gasteiger partial charge in [0.1, 0.15) is 17.1 Å². The molecular formula is C15H22ClN3O. The molecule has 20 heavy (non-hydrogen) atoms. The predicted molar refractivity (Wildman–Crippen MR) is 83.7 cm³/mol. The highest BCUT2D eigenvalue weighted by Crippen LogP contribution is 2.29. The number of benzene rings is 1. The zero-order valence-electron chi connectivity index (χ0n) is 12.6. The van der Waals surface area contributed by atoms with Crippen LogP contribution < -0.4 is 4.74 Å². The summed E-state index contributed by atoms with van der Waals surface area (Å²) in [6.07, 6.45) is 0. The van der Waals surface area contributed by atoms with Gasteiger partial charge in [-0.15, -0.1) is 11.6 Å². The van der Waals surface area contributed by atoms with Gasteiger partial charge in [-0.3, -0.25) is 0 Å². The van der Waals surface area contributed by atoms with Gasteiger partial charge in [0.15, 0.2) is 0 Å². The van der Waals surface area contributed by atoms with E-state index in [-0.39, 0.29) is 5.38 Å². The number of fused-ring (bicyclic) bond motifs is 1. The molecule has 0 saturated heterocycles. The molecule has 1 heterocycles. The van der Waals surface area contributed by atoms with E-state index in [0.29, 0.717) is 0 Å². The van der Waals surface area contributed by atoms with E-state index in [1.165, 1.54) is 0 Å². The average molecular weight is 296 g/mol. The summed E-state index contributed by atoms with van der Waals surface area (Å²) in [5, 5.41) is -0.126. The Morgan fingerprint density at radius 2 is 2.20 bits per heavy atom. The topological polar surface area (TPSA) is 30.3 Å². The first-order valence-electron chi connectivity index (χ1n) is 6.94. The van der Waals surface area contributed by atoms with Crippen molar-refractivity contribution in [3.05, 3.63) is 24.0 Å². The summed E-state index contributed by atoms with van der Waals surface area (Å²) >= 11 is 6.29. The molecule has 110 valence electrons. The Bertz CT molecular complexity index is 580. The van der Waals surface area contributed by atoms with Crippen LogP contribution in [0.5, 0.6) is 5.75 Å². The molecule has 0 radical (unpaired) electrons. The lowest BCUT2D eigenvalue weighted by molar-refractivity contribution is 0.335. The van der Waals surface area contributed by atoms with Crippen LogP contribution in [0.3, 0.4) is 0 Å². The lowest BCUT2D eigenvalue weighted by atomic mass is 10.3. The molecule has 2 rings (SSSR count). The number of aromatic nitrogens is 2. The molecule has 0 spiro atoms. The van der Waals surface area contributed by atoms with Crippen molar-refractivity contribution in [2.75, 3.05) is 27.2 Å². The summed E-state index contributed by atoms with van der Waals surface area (Å²) in [5.74, 6) is 1.69. The minimum atomic E-state index is -0.126. The first-order chi connectivity index (χ1) is 9.58. The maximum absolute atomic E-state index is 6.29. The molecule has 4 nitrogen and oxygen atoms in total. The maximum atomic E-state index is 6.29. The molecule has 1 unspecified atom stereocenters. The standard InChI is InChI=1S/C15H22ClN3O/c1-5-18(3)9-10-19-12-7-6-8-13(20-4)14(12)17-15(19)11(2)16/h6-8,11H,5,9-10H2,1-4H3. The molecule has 2 aromatic rings. The second-order valence-electron chi connectivity index (χ2n) is 4.96. The van der Waals surface area contributed by atoms with Crippen molar-refractivity contribution in [1.29, 1.82) is 0 Å². The Morgan fingerprint density at radius 1 is 1.45 bits per heavy atom. The summed E-state index contributed by atoms with van der Waals surface area (Å²) in [5.41, 5.74) is 1.97. The quantitative estimate of drug-likeness (QED) is 0.766. The van der Waals surface area contributed by atoms with Gasteiger partial charge in [-0.05, 0) is 32.6 Å². The fourth-order valence-electron chi connectivity index (χ4n) is 2.27. The summed E-state index contributed by atoms with van der Waals surface area (Å²) in [7, 11) is 3.78. The third kappa shape index (κ3) is 2.91. The highest BCUT2D eigenvalue weighted by atomic mass is 35.5. The number of nitrogens with zero attached hydrogens (tertiary/aromatic N) is 3. The van der Waals surface area contributed by atoms with Crippen molar-refractivity contribution in [3.63, 3.8) is 0 Å². The van der Waals surface area contributed by atoms with Crippen molar-refractivity contribution >= 4 is 22.6 Å². The van der Waals surface area contributed by atoms with Gasteiger partial charge >= 0.3 is 0 Å². The predicted octanol–water partition coefficient (Wildman–Crippen LogP) is 3.30. The Morgan fingerprint density at radius 3 is 2.80 bits per heavy atom. The van der Waals surface area contributed by atoms with Crippen LogP contribution in [0.2, 0.25) is 0 Å². The van der Waals surface area contributed by atoms with E-state index in [0.717, 1.165) is 42.2 Å². The molecule has 0 aliphatic heterocycles. The smallest absolute Gasteiger partial charge is 0.146 e. The van der Waals surface area contributed by atoms with Crippen molar-refractivity contribution < 1.29 is 4.74 Å². The third-order valence-electron chi connectivity index (χ3n) is 3.59. The van der Waals surface area contributed by atoms with Gasteiger partial charge in [0.2, 0.25) is 0 Å². The summed E-state index contributed by atoms with van der Waals surface area (Å²) < 4.78 is 7.59. The van der Waals surface area contributed by atoms with Gasteiger partial charge in [0.25, 0.3) is 0 Å². The lowest BCUT2D eigenvalue weighted by Gasteiger charge is -2.16. The first kappa shape index (κ1) is 15.1. The van der Waals surface area contributed by atoms with Crippen LogP contribution in [-0.4, -0.2) is 41.7 Å². The minimum Gasteiger partial charge on any atom is -0.494 e. The highest BCUT2D eigenvalue weighted by Gasteiger charge is 2.17. The third-order valence-corrected chi connectivity index (χ3v) is 3.79. The molecular weight excluding hydrogens is 274 g/mol. The lowest BCUT2D eigenvalue weighted by Crippen LogP contribution is -2.23. The van der Waals surface area contributed by atoms with Gasteiger partial charge in [-0.1, -0.05) is 13.0 Å². The molecule has 0 fully saturated rings. The fourth-order valence-corrected chi connectivity index (χ4v) is 2.44. The number of hydrogen-bond donors (Lipinski definition) is 0. The molecule has 0 bridgehead atoms. The van der Waals surface area contributed by atoms with Crippen LogP contribution in [0.15, 0.2) is 18.2 Å². The number of alkyl halides is 1. The van der Waals surface area contributed by atoms with Gasteiger partial charge in [-0.2, -0.15) is 0 Å². The van der Waals surface area contributed by atoms with Crippen LogP contribution in [0, 0.1) is 0 Å². The normalized spacial score (nSPS) is 13.1. The van der Waals surface area contributed by atoms with Crippen LogP contribution in [-0.2, 0) is 6.54 Å². The van der Waals surface area contributed by atoms with Gasteiger partial charge in [0, 0.05) is 13.1 Å². The van der Waals surface area contributed by atoms with E-state index in [2.05, 4.69) is 34.5 Å². The van der Waals surface area contributed by atoms with Crippen LogP contribution in [0.4, 0.5) is 0 Å². The summed E-state index contributed by atoms with van der Waals surface area (Å²) in [4.78, 5) is 6.95. The number of methoxy groups -OCH3 is 1. The van der Waals surface area contributed by atoms with E-state index in [9.17, 15) is 0 Å². The monoisotopic (exact) mass is 295 g/mol. The number of rotatable bonds is 6. The fraction of sp³-hybridized carbons (Fsp3) is 0.533. The van der Waals surface area contributed by atoms with E-state index in [1.807, 2.05) is 19.1 Å². The van der Waals surface area contributed by atoms with E-state index < -0.39 is 0 Å². The second kappa shape index (κ2) is 6.46. The maximum Gasteiger partial charge on any atom is 0.146 e. The van der Waals surface area contributed by atoms with Crippen LogP contribution in [0.25, 0.3) is 11.0 Å². The molecule has 1 atom stereocenters.